The SMILES string of the molecule is Fc1ccc(CC2CNc3ccccc3C2)cc1. The van der Waals surface area contributed by atoms with Gasteiger partial charge in [0.25, 0.3) is 0 Å². The lowest BCUT2D eigenvalue weighted by Gasteiger charge is -2.26. The molecule has 1 nitrogen and oxygen atoms in total. The lowest BCUT2D eigenvalue weighted by atomic mass is 9.89. The van der Waals surface area contributed by atoms with Crippen LogP contribution in [0.5, 0.6) is 0 Å². The second kappa shape index (κ2) is 4.81. The van der Waals surface area contributed by atoms with E-state index in [1.165, 1.54) is 16.8 Å². The third kappa shape index (κ3) is 2.37. The molecule has 0 bridgehead atoms. The molecule has 1 N–H and O–H groups in total. The van der Waals surface area contributed by atoms with Crippen LogP contribution in [0.25, 0.3) is 0 Å². The Morgan fingerprint density at radius 2 is 1.83 bits per heavy atom. The van der Waals surface area contributed by atoms with Crippen molar-refractivity contribution in [2.24, 2.45) is 5.92 Å². The highest BCUT2D eigenvalue weighted by Gasteiger charge is 2.17. The normalized spacial score (nSPS) is 17.9. The summed E-state index contributed by atoms with van der Waals surface area (Å²) in [5.74, 6) is 0.427. The Morgan fingerprint density at radius 1 is 1.06 bits per heavy atom. The number of anilines is 1. The van der Waals surface area contributed by atoms with Crippen molar-refractivity contribution in [2.75, 3.05) is 11.9 Å². The van der Waals surface area contributed by atoms with Gasteiger partial charge in [-0.2, -0.15) is 0 Å². The first kappa shape index (κ1) is 11.3. The van der Waals surface area contributed by atoms with Gasteiger partial charge in [0, 0.05) is 12.2 Å². The molecule has 2 heteroatoms. The summed E-state index contributed by atoms with van der Waals surface area (Å²) in [6, 6.07) is 15.3. The number of hydrogen-bond donors (Lipinski definition) is 1. The lowest BCUT2D eigenvalue weighted by molar-refractivity contribution is 0.534. The molecule has 0 saturated carbocycles. The van der Waals surface area contributed by atoms with Crippen LogP contribution in [0.2, 0.25) is 0 Å². The predicted octanol–water partition coefficient (Wildman–Crippen LogP) is 3.65. The van der Waals surface area contributed by atoms with Crippen LogP contribution in [0.4, 0.5) is 10.1 Å². The van der Waals surface area contributed by atoms with Crippen LogP contribution in [0.15, 0.2) is 48.5 Å². The van der Waals surface area contributed by atoms with Crippen LogP contribution in [-0.2, 0) is 12.8 Å². The van der Waals surface area contributed by atoms with Gasteiger partial charge in [0.15, 0.2) is 0 Å². The molecule has 1 atom stereocenters. The van der Waals surface area contributed by atoms with Crippen molar-refractivity contribution in [3.63, 3.8) is 0 Å². The number of para-hydroxylation sites is 1. The van der Waals surface area contributed by atoms with Gasteiger partial charge in [0.05, 0.1) is 0 Å². The monoisotopic (exact) mass is 241 g/mol. The molecule has 0 aromatic heterocycles. The highest BCUT2D eigenvalue weighted by atomic mass is 19.1. The molecule has 2 aromatic carbocycles. The van der Waals surface area contributed by atoms with Crippen molar-refractivity contribution >= 4 is 5.69 Å². The Labute approximate surface area is 107 Å². The van der Waals surface area contributed by atoms with Crippen molar-refractivity contribution in [1.82, 2.24) is 0 Å². The number of benzene rings is 2. The number of hydrogen-bond acceptors (Lipinski definition) is 1. The summed E-state index contributed by atoms with van der Waals surface area (Å²) in [5, 5.41) is 3.47. The van der Waals surface area contributed by atoms with Crippen molar-refractivity contribution < 1.29 is 4.39 Å². The van der Waals surface area contributed by atoms with Gasteiger partial charge in [0.1, 0.15) is 5.82 Å². The molecule has 0 fully saturated rings. The molecule has 0 radical (unpaired) electrons. The zero-order chi connectivity index (χ0) is 12.4. The fourth-order valence-electron chi connectivity index (χ4n) is 2.61. The molecular formula is C16H16FN. The summed E-state index contributed by atoms with van der Waals surface area (Å²) in [4.78, 5) is 0. The fraction of sp³-hybridized carbons (Fsp3) is 0.250. The number of rotatable bonds is 2. The van der Waals surface area contributed by atoms with Gasteiger partial charge in [-0.15, -0.1) is 0 Å². The van der Waals surface area contributed by atoms with Gasteiger partial charge in [0.2, 0.25) is 0 Å². The molecule has 0 amide bonds. The summed E-state index contributed by atoms with van der Waals surface area (Å²) in [5.41, 5.74) is 3.85. The van der Waals surface area contributed by atoms with E-state index in [0.717, 1.165) is 19.4 Å². The Balaban J connectivity index is 1.71. The average Bonchev–Trinajstić information content (AvgIpc) is 2.41. The van der Waals surface area contributed by atoms with Crippen LogP contribution in [-0.4, -0.2) is 6.54 Å². The highest BCUT2D eigenvalue weighted by molar-refractivity contribution is 5.53. The second-order valence-corrected chi connectivity index (χ2v) is 4.94. The Hall–Kier alpha value is -1.83. The summed E-state index contributed by atoms with van der Waals surface area (Å²) in [7, 11) is 0. The molecule has 92 valence electrons. The zero-order valence-corrected chi connectivity index (χ0v) is 10.2. The number of halogens is 1. The van der Waals surface area contributed by atoms with E-state index < -0.39 is 0 Å². The van der Waals surface area contributed by atoms with Gasteiger partial charge >= 0.3 is 0 Å². The Kier molecular flexibility index (Phi) is 3.01. The summed E-state index contributed by atoms with van der Waals surface area (Å²) in [6.07, 6.45) is 2.10. The molecular weight excluding hydrogens is 225 g/mol. The van der Waals surface area contributed by atoms with E-state index >= 15 is 0 Å². The van der Waals surface area contributed by atoms with Crippen LogP contribution >= 0.6 is 0 Å². The first-order valence-electron chi connectivity index (χ1n) is 6.37. The quantitative estimate of drug-likeness (QED) is 0.846. The maximum Gasteiger partial charge on any atom is 0.123 e. The molecule has 0 saturated heterocycles. The number of fused-ring (bicyclic) bond motifs is 1. The van der Waals surface area contributed by atoms with E-state index in [9.17, 15) is 4.39 Å². The van der Waals surface area contributed by atoms with Gasteiger partial charge in [-0.3, -0.25) is 0 Å². The first-order chi connectivity index (χ1) is 8.81. The highest BCUT2D eigenvalue weighted by Crippen LogP contribution is 2.26. The van der Waals surface area contributed by atoms with E-state index in [-0.39, 0.29) is 5.82 Å². The van der Waals surface area contributed by atoms with E-state index in [1.54, 1.807) is 12.1 Å². The van der Waals surface area contributed by atoms with E-state index in [2.05, 4.69) is 29.6 Å². The molecule has 1 aliphatic heterocycles. The molecule has 0 aliphatic carbocycles. The minimum Gasteiger partial charge on any atom is -0.385 e. The van der Waals surface area contributed by atoms with Crippen LogP contribution in [0.3, 0.4) is 0 Å². The predicted molar refractivity (Wildman–Crippen MR) is 72.2 cm³/mol. The first-order valence-corrected chi connectivity index (χ1v) is 6.37. The van der Waals surface area contributed by atoms with Crippen LogP contribution in [0.1, 0.15) is 11.1 Å². The Bertz CT molecular complexity index is 533. The maximum absolute atomic E-state index is 12.8. The van der Waals surface area contributed by atoms with Crippen LogP contribution < -0.4 is 5.32 Å². The fourth-order valence-corrected chi connectivity index (χ4v) is 2.61. The molecule has 1 unspecified atom stereocenters. The van der Waals surface area contributed by atoms with Crippen molar-refractivity contribution in [3.05, 3.63) is 65.5 Å². The van der Waals surface area contributed by atoms with Crippen molar-refractivity contribution in [3.8, 4) is 0 Å². The minimum absolute atomic E-state index is 0.161. The van der Waals surface area contributed by atoms with E-state index in [0.29, 0.717) is 5.92 Å². The number of nitrogens with one attached hydrogen (secondary N) is 1. The van der Waals surface area contributed by atoms with Gasteiger partial charge in [-0.1, -0.05) is 30.3 Å². The Morgan fingerprint density at radius 3 is 2.67 bits per heavy atom. The topological polar surface area (TPSA) is 12.0 Å². The van der Waals surface area contributed by atoms with Gasteiger partial charge in [-0.25, -0.2) is 4.39 Å². The average molecular weight is 241 g/mol. The third-order valence-corrected chi connectivity index (χ3v) is 3.54. The zero-order valence-electron chi connectivity index (χ0n) is 10.2. The van der Waals surface area contributed by atoms with E-state index in [4.69, 9.17) is 0 Å². The minimum atomic E-state index is -0.161. The summed E-state index contributed by atoms with van der Waals surface area (Å²) >= 11 is 0. The molecule has 0 spiro atoms. The summed E-state index contributed by atoms with van der Waals surface area (Å²) in [6.45, 7) is 0.994. The third-order valence-electron chi connectivity index (χ3n) is 3.54. The summed E-state index contributed by atoms with van der Waals surface area (Å²) < 4.78 is 12.8. The van der Waals surface area contributed by atoms with Gasteiger partial charge in [-0.05, 0) is 48.1 Å². The van der Waals surface area contributed by atoms with E-state index in [1.807, 2.05) is 12.1 Å². The smallest absolute Gasteiger partial charge is 0.123 e. The molecule has 1 aliphatic rings. The lowest BCUT2D eigenvalue weighted by Crippen LogP contribution is -2.24. The largest absolute Gasteiger partial charge is 0.385 e. The molecule has 3 rings (SSSR count). The van der Waals surface area contributed by atoms with Crippen molar-refractivity contribution in [1.29, 1.82) is 0 Å². The maximum atomic E-state index is 12.8. The molecule has 2 aromatic rings. The molecule has 1 heterocycles. The molecule has 18 heavy (non-hydrogen) atoms. The van der Waals surface area contributed by atoms with Crippen LogP contribution in [0, 0.1) is 11.7 Å². The second-order valence-electron chi connectivity index (χ2n) is 4.94. The van der Waals surface area contributed by atoms with Crippen molar-refractivity contribution in [2.45, 2.75) is 12.8 Å². The standard InChI is InChI=1S/C16H16FN/c17-15-7-5-12(6-8-15)9-13-10-14-3-1-2-4-16(14)18-11-13/h1-8,13,18H,9-11H2. The van der Waals surface area contributed by atoms with Gasteiger partial charge < -0.3 is 5.32 Å².